The molecule has 1 saturated carbocycles. The van der Waals surface area contributed by atoms with Gasteiger partial charge in [-0.1, -0.05) is 5.16 Å². The van der Waals surface area contributed by atoms with Crippen molar-refractivity contribution in [3.63, 3.8) is 0 Å². The number of halogens is 4. The fraction of sp³-hybridized carbons (Fsp3) is 0.421. The first kappa shape index (κ1) is 19.4. The Bertz CT molecular complexity index is 1090. The van der Waals surface area contributed by atoms with Crippen LogP contribution in [0.15, 0.2) is 22.7 Å². The van der Waals surface area contributed by atoms with E-state index in [1.807, 2.05) is 11.5 Å². The number of rotatable bonds is 6. The number of amides is 1. The fourth-order valence-corrected chi connectivity index (χ4v) is 3.30. The minimum atomic E-state index is -2.75. The SMILES string of the molecule is Cc1cc2c(cc(C)n2Cc2cc(C(F)F)no2)nc1NC(=O)C[C@H]1CC1(F)F. The lowest BCUT2D eigenvalue weighted by Crippen LogP contribution is -2.15. The van der Waals surface area contributed by atoms with Gasteiger partial charge in [-0.2, -0.15) is 0 Å². The lowest BCUT2D eigenvalue weighted by atomic mass is 10.2. The summed E-state index contributed by atoms with van der Waals surface area (Å²) in [6.45, 7) is 3.76. The van der Waals surface area contributed by atoms with Gasteiger partial charge in [-0.25, -0.2) is 22.5 Å². The van der Waals surface area contributed by atoms with Crippen molar-refractivity contribution in [1.82, 2.24) is 14.7 Å². The molecule has 0 bridgehead atoms. The number of alkyl halides is 4. The van der Waals surface area contributed by atoms with Crippen molar-refractivity contribution >= 4 is 22.8 Å². The zero-order chi connectivity index (χ0) is 20.9. The predicted octanol–water partition coefficient (Wildman–Crippen LogP) is 4.61. The molecular weight excluding hydrogens is 392 g/mol. The Kier molecular flexibility index (Phi) is 4.59. The summed E-state index contributed by atoms with van der Waals surface area (Å²) in [5, 5.41) is 5.96. The first-order chi connectivity index (χ1) is 13.6. The van der Waals surface area contributed by atoms with Gasteiger partial charge in [-0.05, 0) is 31.5 Å². The number of aromatic nitrogens is 3. The third-order valence-electron chi connectivity index (χ3n) is 5.04. The molecule has 3 aromatic heterocycles. The minimum Gasteiger partial charge on any atom is -0.359 e. The quantitative estimate of drug-likeness (QED) is 0.603. The van der Waals surface area contributed by atoms with Crippen LogP contribution in [-0.4, -0.2) is 26.5 Å². The zero-order valence-electron chi connectivity index (χ0n) is 15.7. The molecule has 1 aliphatic carbocycles. The molecule has 6 nitrogen and oxygen atoms in total. The van der Waals surface area contributed by atoms with Crippen molar-refractivity contribution in [3.8, 4) is 0 Å². The molecule has 0 unspecified atom stereocenters. The Morgan fingerprint density at radius 2 is 2.07 bits per heavy atom. The number of nitrogens with one attached hydrogen (secondary N) is 1. The van der Waals surface area contributed by atoms with Gasteiger partial charge in [0.15, 0.2) is 5.76 Å². The molecule has 0 spiro atoms. The lowest BCUT2D eigenvalue weighted by Gasteiger charge is -2.10. The maximum absolute atomic E-state index is 13.0. The molecule has 1 atom stereocenters. The molecular formula is C19H18F4N4O2. The van der Waals surface area contributed by atoms with E-state index < -0.39 is 29.9 Å². The number of hydrogen-bond donors (Lipinski definition) is 1. The molecule has 1 N–H and O–H groups in total. The van der Waals surface area contributed by atoms with Crippen molar-refractivity contribution in [2.75, 3.05) is 5.32 Å². The van der Waals surface area contributed by atoms with Gasteiger partial charge in [-0.15, -0.1) is 0 Å². The summed E-state index contributed by atoms with van der Waals surface area (Å²) < 4.78 is 58.2. The number of aryl methyl sites for hydroxylation is 2. The molecule has 1 amide bonds. The normalized spacial score (nSPS) is 17.8. The minimum absolute atomic E-state index is 0.193. The van der Waals surface area contributed by atoms with Crippen molar-refractivity contribution in [1.29, 1.82) is 0 Å². The molecule has 4 rings (SSSR count). The number of nitrogens with zero attached hydrogens (tertiary/aromatic N) is 3. The fourth-order valence-electron chi connectivity index (χ4n) is 3.30. The maximum Gasteiger partial charge on any atom is 0.283 e. The molecule has 0 saturated heterocycles. The highest BCUT2D eigenvalue weighted by atomic mass is 19.3. The summed E-state index contributed by atoms with van der Waals surface area (Å²) in [7, 11) is 0. The van der Waals surface area contributed by atoms with Crippen LogP contribution in [0, 0.1) is 19.8 Å². The topological polar surface area (TPSA) is 73.0 Å². The van der Waals surface area contributed by atoms with Crippen molar-refractivity contribution in [2.24, 2.45) is 5.92 Å². The molecule has 1 aliphatic rings. The smallest absolute Gasteiger partial charge is 0.283 e. The second-order valence-electron chi connectivity index (χ2n) is 7.36. The summed E-state index contributed by atoms with van der Waals surface area (Å²) in [5.74, 6) is -3.57. The molecule has 0 aromatic carbocycles. The molecule has 1 fully saturated rings. The molecule has 3 aromatic rings. The van der Waals surface area contributed by atoms with Gasteiger partial charge in [0.2, 0.25) is 5.91 Å². The first-order valence-electron chi connectivity index (χ1n) is 9.03. The highest BCUT2D eigenvalue weighted by Crippen LogP contribution is 2.50. The summed E-state index contributed by atoms with van der Waals surface area (Å²) in [4.78, 5) is 16.5. The molecule has 154 valence electrons. The van der Waals surface area contributed by atoms with Crippen LogP contribution < -0.4 is 5.32 Å². The van der Waals surface area contributed by atoms with Gasteiger partial charge in [0.1, 0.15) is 11.5 Å². The largest absolute Gasteiger partial charge is 0.359 e. The van der Waals surface area contributed by atoms with Gasteiger partial charge in [-0.3, -0.25) is 4.79 Å². The van der Waals surface area contributed by atoms with Crippen molar-refractivity contribution in [3.05, 3.63) is 40.9 Å². The number of pyridine rings is 1. The zero-order valence-corrected chi connectivity index (χ0v) is 15.7. The van der Waals surface area contributed by atoms with E-state index >= 15 is 0 Å². The Morgan fingerprint density at radius 1 is 1.34 bits per heavy atom. The predicted molar refractivity (Wildman–Crippen MR) is 96.1 cm³/mol. The Balaban J connectivity index is 1.56. The van der Waals surface area contributed by atoms with E-state index in [0.29, 0.717) is 16.9 Å². The van der Waals surface area contributed by atoms with E-state index in [9.17, 15) is 22.4 Å². The van der Waals surface area contributed by atoms with Crippen LogP contribution in [-0.2, 0) is 11.3 Å². The van der Waals surface area contributed by atoms with Crippen LogP contribution in [0.25, 0.3) is 11.0 Å². The van der Waals surface area contributed by atoms with Crippen LogP contribution in [0.4, 0.5) is 23.4 Å². The van der Waals surface area contributed by atoms with E-state index in [1.54, 1.807) is 19.1 Å². The average molecular weight is 410 g/mol. The molecule has 10 heteroatoms. The lowest BCUT2D eigenvalue weighted by molar-refractivity contribution is -0.117. The van der Waals surface area contributed by atoms with Gasteiger partial charge >= 0.3 is 0 Å². The standard InChI is InChI=1S/C19H18F4N4O2/c1-9-3-15-13(24-18(9)25-16(28)5-11-7-19(11,22)23)4-10(2)27(15)8-12-6-14(17(20)21)26-29-12/h3-4,6,11,17H,5,7-8H2,1-2H3,(H,24,25,28)/t11-/m0/s1. The summed E-state index contributed by atoms with van der Waals surface area (Å²) in [6.07, 6.45) is -3.21. The third kappa shape index (κ3) is 3.83. The molecule has 0 radical (unpaired) electrons. The number of carbonyl (C=O) groups is 1. The summed E-state index contributed by atoms with van der Waals surface area (Å²) >= 11 is 0. The maximum atomic E-state index is 13.0. The number of hydrogen-bond acceptors (Lipinski definition) is 4. The van der Waals surface area contributed by atoms with Gasteiger partial charge in [0.25, 0.3) is 12.3 Å². The Labute approximate surface area is 162 Å². The van der Waals surface area contributed by atoms with Crippen molar-refractivity contribution < 1.29 is 26.9 Å². The van der Waals surface area contributed by atoms with Crippen LogP contribution >= 0.6 is 0 Å². The van der Waals surface area contributed by atoms with Gasteiger partial charge in [0, 0.05) is 30.5 Å². The molecule has 0 aliphatic heterocycles. The van der Waals surface area contributed by atoms with Crippen LogP contribution in [0.2, 0.25) is 0 Å². The van der Waals surface area contributed by atoms with Crippen molar-refractivity contribution in [2.45, 2.75) is 45.6 Å². The first-order valence-corrected chi connectivity index (χ1v) is 9.03. The van der Waals surface area contributed by atoms with Gasteiger partial charge in [0.05, 0.1) is 17.6 Å². The van der Waals surface area contributed by atoms with E-state index in [-0.39, 0.29) is 25.1 Å². The third-order valence-corrected chi connectivity index (χ3v) is 5.04. The van der Waals surface area contributed by atoms with Crippen LogP contribution in [0.1, 0.15) is 42.0 Å². The van der Waals surface area contributed by atoms with Crippen LogP contribution in [0.3, 0.4) is 0 Å². The highest BCUT2D eigenvalue weighted by Gasteiger charge is 2.57. The molecule has 29 heavy (non-hydrogen) atoms. The van der Waals surface area contributed by atoms with E-state index in [0.717, 1.165) is 11.2 Å². The number of carbonyl (C=O) groups excluding carboxylic acids is 1. The number of fused-ring (bicyclic) bond motifs is 1. The molecule has 3 heterocycles. The van der Waals surface area contributed by atoms with Gasteiger partial charge < -0.3 is 14.4 Å². The van der Waals surface area contributed by atoms with Crippen LogP contribution in [0.5, 0.6) is 0 Å². The second kappa shape index (κ2) is 6.85. The monoisotopic (exact) mass is 410 g/mol. The highest BCUT2D eigenvalue weighted by molar-refractivity contribution is 5.92. The Hall–Kier alpha value is -2.91. The summed E-state index contributed by atoms with van der Waals surface area (Å²) in [5.41, 5.74) is 2.34. The van der Waals surface area contributed by atoms with E-state index in [4.69, 9.17) is 4.52 Å². The Morgan fingerprint density at radius 3 is 2.69 bits per heavy atom. The van der Waals surface area contributed by atoms with E-state index in [2.05, 4.69) is 15.5 Å². The second-order valence-corrected chi connectivity index (χ2v) is 7.36. The summed E-state index contributed by atoms with van der Waals surface area (Å²) in [6, 6.07) is 4.78. The van der Waals surface area contributed by atoms with E-state index in [1.165, 1.54) is 6.07 Å². The average Bonchev–Trinajstić information content (AvgIpc) is 2.98. The number of anilines is 1.